The van der Waals surface area contributed by atoms with Crippen LogP contribution in [0.25, 0.3) is 0 Å². The van der Waals surface area contributed by atoms with E-state index in [0.29, 0.717) is 19.3 Å². The summed E-state index contributed by atoms with van der Waals surface area (Å²) in [5, 5.41) is 0. The highest BCUT2D eigenvalue weighted by Crippen LogP contribution is 2.15. The Hall–Kier alpha value is -3.67. The maximum Gasteiger partial charge on any atom is 0.306 e. The van der Waals surface area contributed by atoms with Gasteiger partial charge in [-0.25, -0.2) is 0 Å². The van der Waals surface area contributed by atoms with Gasteiger partial charge in [-0.3, -0.25) is 14.4 Å². The SMILES string of the molecule is CCC/C=C\C/C=C\CCCCCCCC(=O)OCC(COC(=O)CCCCCCCCCCCC/C=C\C/C=C\C/C=C\CCCCCCC)OC(=O)CCCCCCCC/C=C\C/C=C\C/C=C\CCCCC. The monoisotopic (exact) mass is 1040 g/mol. The van der Waals surface area contributed by atoms with E-state index in [-0.39, 0.29) is 31.1 Å². The number of carbonyl (C=O) groups excluding carboxylic acids is 3. The molecular formula is C69H118O6. The van der Waals surface area contributed by atoms with Crippen molar-refractivity contribution in [2.24, 2.45) is 0 Å². The smallest absolute Gasteiger partial charge is 0.306 e. The van der Waals surface area contributed by atoms with Gasteiger partial charge < -0.3 is 14.2 Å². The Kier molecular flexibility index (Phi) is 59.8. The van der Waals surface area contributed by atoms with E-state index in [1.807, 2.05) is 0 Å². The van der Waals surface area contributed by atoms with E-state index in [4.69, 9.17) is 14.2 Å². The van der Waals surface area contributed by atoms with E-state index in [1.165, 1.54) is 135 Å². The van der Waals surface area contributed by atoms with E-state index in [9.17, 15) is 14.4 Å². The van der Waals surface area contributed by atoms with E-state index >= 15 is 0 Å². The Morgan fingerprint density at radius 3 is 0.827 bits per heavy atom. The predicted octanol–water partition coefficient (Wildman–Crippen LogP) is 21.7. The molecule has 0 saturated carbocycles. The lowest BCUT2D eigenvalue weighted by molar-refractivity contribution is -0.167. The molecule has 0 bridgehead atoms. The summed E-state index contributed by atoms with van der Waals surface area (Å²) in [7, 11) is 0. The first-order valence-electron chi connectivity index (χ1n) is 31.7. The summed E-state index contributed by atoms with van der Waals surface area (Å²) in [5.74, 6) is -0.913. The van der Waals surface area contributed by atoms with Gasteiger partial charge in [0.15, 0.2) is 6.10 Å². The second kappa shape index (κ2) is 62.9. The lowest BCUT2D eigenvalue weighted by Crippen LogP contribution is -2.30. The summed E-state index contributed by atoms with van der Waals surface area (Å²) in [4.78, 5) is 38.3. The first kappa shape index (κ1) is 71.3. The number of hydrogen-bond donors (Lipinski definition) is 0. The molecule has 6 nitrogen and oxygen atoms in total. The molecule has 0 aromatic heterocycles. The molecule has 6 heteroatoms. The third-order valence-corrected chi connectivity index (χ3v) is 13.5. The van der Waals surface area contributed by atoms with E-state index in [2.05, 4.69) is 118 Å². The van der Waals surface area contributed by atoms with Crippen molar-refractivity contribution in [1.29, 1.82) is 0 Å². The van der Waals surface area contributed by atoms with Gasteiger partial charge in [0.25, 0.3) is 0 Å². The van der Waals surface area contributed by atoms with Gasteiger partial charge in [0.05, 0.1) is 0 Å². The Morgan fingerprint density at radius 2 is 0.507 bits per heavy atom. The Labute approximate surface area is 464 Å². The van der Waals surface area contributed by atoms with Crippen LogP contribution in [0.5, 0.6) is 0 Å². The van der Waals surface area contributed by atoms with Crippen LogP contribution < -0.4 is 0 Å². The summed E-state index contributed by atoms with van der Waals surface area (Å²) >= 11 is 0. The first-order chi connectivity index (χ1) is 37.0. The molecule has 0 heterocycles. The zero-order valence-electron chi connectivity index (χ0n) is 49.3. The molecule has 1 atom stereocenters. The minimum Gasteiger partial charge on any atom is -0.462 e. The minimum atomic E-state index is -0.794. The first-order valence-corrected chi connectivity index (χ1v) is 31.7. The van der Waals surface area contributed by atoms with Crippen LogP contribution in [0.15, 0.2) is 97.2 Å². The summed E-state index contributed by atoms with van der Waals surface area (Å²) < 4.78 is 16.9. The number of esters is 3. The highest BCUT2D eigenvalue weighted by molar-refractivity contribution is 5.71. The second-order valence-electron chi connectivity index (χ2n) is 21.0. The highest BCUT2D eigenvalue weighted by atomic mass is 16.6. The fraction of sp³-hybridized carbons (Fsp3) is 0.725. The van der Waals surface area contributed by atoms with Crippen molar-refractivity contribution in [2.45, 2.75) is 309 Å². The highest BCUT2D eigenvalue weighted by Gasteiger charge is 2.19. The van der Waals surface area contributed by atoms with Crippen LogP contribution in [0.1, 0.15) is 303 Å². The van der Waals surface area contributed by atoms with Crippen molar-refractivity contribution in [3.8, 4) is 0 Å². The molecule has 0 amide bonds. The maximum atomic E-state index is 12.9. The van der Waals surface area contributed by atoms with Crippen LogP contribution in [-0.4, -0.2) is 37.2 Å². The standard InChI is InChI=1S/C69H118O6/c1-4-7-10-13-16-19-22-25-27-29-31-32-33-34-35-36-38-39-41-44-47-50-53-56-59-62-68(71)74-65-66(64-73-67(70)61-58-55-52-49-46-43-24-21-18-15-12-9-6-3)75-69(72)63-60-57-54-51-48-45-42-40-37-30-28-26-23-20-17-14-11-8-5-2/h12,15,17,20-22,24-26,28-29,31,33-34,37,40,66H,4-11,13-14,16,18-19,23,27,30,32,35-36,38-39,41-65H2,1-3H3/b15-12-,20-17-,24-21-,25-22-,28-26-,31-29-,34-33-,40-37-. The van der Waals surface area contributed by atoms with Crippen molar-refractivity contribution in [3.63, 3.8) is 0 Å². The topological polar surface area (TPSA) is 78.9 Å². The van der Waals surface area contributed by atoms with Gasteiger partial charge in [-0.15, -0.1) is 0 Å². The molecule has 0 aliphatic rings. The summed E-state index contributed by atoms with van der Waals surface area (Å²) in [6.07, 6.45) is 84.0. The molecule has 0 rings (SSSR count). The van der Waals surface area contributed by atoms with Crippen molar-refractivity contribution in [3.05, 3.63) is 97.2 Å². The molecule has 0 fully saturated rings. The number of allylic oxidation sites excluding steroid dienone is 16. The molecule has 75 heavy (non-hydrogen) atoms. The van der Waals surface area contributed by atoms with Crippen molar-refractivity contribution in [2.75, 3.05) is 13.2 Å². The molecule has 0 aromatic rings. The molecule has 0 aliphatic heterocycles. The third-order valence-electron chi connectivity index (χ3n) is 13.5. The number of rotatable bonds is 57. The van der Waals surface area contributed by atoms with Crippen LogP contribution in [0, 0.1) is 0 Å². The van der Waals surface area contributed by atoms with Crippen molar-refractivity contribution < 1.29 is 28.6 Å². The molecule has 0 N–H and O–H groups in total. The van der Waals surface area contributed by atoms with Gasteiger partial charge in [-0.2, -0.15) is 0 Å². The fourth-order valence-corrected chi connectivity index (χ4v) is 8.73. The fourth-order valence-electron chi connectivity index (χ4n) is 8.73. The van der Waals surface area contributed by atoms with Crippen molar-refractivity contribution in [1.82, 2.24) is 0 Å². The average Bonchev–Trinajstić information content (AvgIpc) is 3.41. The lowest BCUT2D eigenvalue weighted by Gasteiger charge is -2.18. The van der Waals surface area contributed by atoms with E-state index in [1.54, 1.807) is 0 Å². The van der Waals surface area contributed by atoms with Crippen LogP contribution in [0.3, 0.4) is 0 Å². The second-order valence-corrected chi connectivity index (χ2v) is 21.0. The average molecular weight is 1040 g/mol. The number of hydrogen-bond acceptors (Lipinski definition) is 6. The molecule has 430 valence electrons. The van der Waals surface area contributed by atoms with Crippen LogP contribution in [0.4, 0.5) is 0 Å². The van der Waals surface area contributed by atoms with E-state index < -0.39 is 6.10 Å². The zero-order valence-corrected chi connectivity index (χ0v) is 49.3. The van der Waals surface area contributed by atoms with Crippen LogP contribution in [0.2, 0.25) is 0 Å². The molecule has 0 aromatic carbocycles. The minimum absolute atomic E-state index is 0.0896. The van der Waals surface area contributed by atoms with Crippen molar-refractivity contribution >= 4 is 17.9 Å². The molecule has 0 saturated heterocycles. The quantitative estimate of drug-likeness (QED) is 0.0261. The Morgan fingerprint density at radius 1 is 0.267 bits per heavy atom. The summed E-state index contributed by atoms with van der Waals surface area (Å²) in [5.41, 5.74) is 0. The lowest BCUT2D eigenvalue weighted by atomic mass is 10.1. The van der Waals surface area contributed by atoms with Gasteiger partial charge in [0.1, 0.15) is 13.2 Å². The zero-order chi connectivity index (χ0) is 54.3. The van der Waals surface area contributed by atoms with Crippen LogP contribution >= 0.6 is 0 Å². The molecule has 0 radical (unpaired) electrons. The Bertz CT molecular complexity index is 1480. The molecular weight excluding hydrogens is 925 g/mol. The predicted molar refractivity (Wildman–Crippen MR) is 325 cm³/mol. The molecule has 1 unspecified atom stereocenters. The van der Waals surface area contributed by atoms with Crippen LogP contribution in [-0.2, 0) is 28.6 Å². The van der Waals surface area contributed by atoms with E-state index in [0.717, 1.165) is 128 Å². The number of carbonyl (C=O) groups is 3. The number of ether oxygens (including phenoxy) is 3. The summed E-state index contributed by atoms with van der Waals surface area (Å²) in [6, 6.07) is 0. The Balaban J connectivity index is 4.36. The van der Waals surface area contributed by atoms with Gasteiger partial charge >= 0.3 is 17.9 Å². The van der Waals surface area contributed by atoms with Gasteiger partial charge in [-0.05, 0) is 122 Å². The number of unbranched alkanes of at least 4 members (excludes halogenated alkanes) is 30. The van der Waals surface area contributed by atoms with Gasteiger partial charge in [0, 0.05) is 19.3 Å². The molecule has 0 spiro atoms. The summed E-state index contributed by atoms with van der Waals surface area (Å²) in [6.45, 7) is 6.53. The molecule has 0 aliphatic carbocycles. The largest absolute Gasteiger partial charge is 0.462 e. The normalized spacial score (nSPS) is 12.7. The van der Waals surface area contributed by atoms with Gasteiger partial charge in [0.2, 0.25) is 0 Å². The van der Waals surface area contributed by atoms with Gasteiger partial charge in [-0.1, -0.05) is 259 Å². The third kappa shape index (κ3) is 61.1. The maximum absolute atomic E-state index is 12.9.